The molecular weight excluding hydrogens is 190 g/mol. The third-order valence-electron chi connectivity index (χ3n) is 1.92. The zero-order chi connectivity index (χ0) is 10.5. The van der Waals surface area contributed by atoms with Crippen LogP contribution in [0.25, 0.3) is 11.4 Å². The van der Waals surface area contributed by atoms with E-state index in [1.165, 1.54) is 12.7 Å². The van der Waals surface area contributed by atoms with Crippen molar-refractivity contribution in [2.45, 2.75) is 6.92 Å². The van der Waals surface area contributed by atoms with Gasteiger partial charge in [0, 0.05) is 5.56 Å². The lowest BCUT2D eigenvalue weighted by molar-refractivity contribution is 0.340. The van der Waals surface area contributed by atoms with Gasteiger partial charge in [-0.05, 0) is 31.2 Å². The lowest BCUT2D eigenvalue weighted by Crippen LogP contribution is -1.92. The third kappa shape index (κ3) is 2.28. The molecule has 76 valence electrons. The number of nitrogens with zero attached hydrogens (tertiary/aromatic N) is 3. The highest BCUT2D eigenvalue weighted by molar-refractivity contribution is 5.55. The average Bonchev–Trinajstić information content (AvgIpc) is 2.32. The zero-order valence-electron chi connectivity index (χ0n) is 8.42. The van der Waals surface area contributed by atoms with Crippen LogP contribution in [0, 0.1) is 0 Å². The van der Waals surface area contributed by atoms with Crippen LogP contribution in [-0.2, 0) is 0 Å². The Balaban J connectivity index is 2.24. The van der Waals surface area contributed by atoms with Crippen molar-refractivity contribution in [1.29, 1.82) is 0 Å². The first-order valence-corrected chi connectivity index (χ1v) is 4.75. The van der Waals surface area contributed by atoms with Gasteiger partial charge in [0.2, 0.25) is 0 Å². The van der Waals surface area contributed by atoms with E-state index >= 15 is 0 Å². The second-order valence-electron chi connectivity index (χ2n) is 2.92. The molecular formula is C11H11N3O. The van der Waals surface area contributed by atoms with Gasteiger partial charge in [0.15, 0.2) is 5.82 Å². The maximum Gasteiger partial charge on any atom is 0.162 e. The van der Waals surface area contributed by atoms with Gasteiger partial charge in [-0.25, -0.2) is 15.0 Å². The Hall–Kier alpha value is -1.97. The van der Waals surface area contributed by atoms with Gasteiger partial charge in [-0.3, -0.25) is 0 Å². The highest BCUT2D eigenvalue weighted by Crippen LogP contribution is 2.18. The fourth-order valence-electron chi connectivity index (χ4n) is 1.26. The maximum atomic E-state index is 5.34. The molecule has 0 aliphatic rings. The van der Waals surface area contributed by atoms with Gasteiger partial charge < -0.3 is 4.74 Å². The zero-order valence-corrected chi connectivity index (χ0v) is 8.42. The summed E-state index contributed by atoms with van der Waals surface area (Å²) in [6.45, 7) is 2.63. The van der Waals surface area contributed by atoms with Gasteiger partial charge in [-0.2, -0.15) is 0 Å². The number of rotatable bonds is 3. The van der Waals surface area contributed by atoms with E-state index in [1.807, 2.05) is 31.2 Å². The summed E-state index contributed by atoms with van der Waals surface area (Å²) in [6, 6.07) is 7.67. The molecule has 0 radical (unpaired) electrons. The lowest BCUT2D eigenvalue weighted by atomic mass is 10.2. The summed E-state index contributed by atoms with van der Waals surface area (Å²) in [5.74, 6) is 1.53. The van der Waals surface area contributed by atoms with Gasteiger partial charge in [0.25, 0.3) is 0 Å². The quantitative estimate of drug-likeness (QED) is 0.761. The van der Waals surface area contributed by atoms with Crippen molar-refractivity contribution in [2.24, 2.45) is 0 Å². The van der Waals surface area contributed by atoms with E-state index in [1.54, 1.807) is 0 Å². The van der Waals surface area contributed by atoms with Gasteiger partial charge in [-0.1, -0.05) is 0 Å². The largest absolute Gasteiger partial charge is 0.494 e. The minimum Gasteiger partial charge on any atom is -0.494 e. The molecule has 0 saturated carbocycles. The molecule has 0 aliphatic carbocycles. The Kier molecular flexibility index (Phi) is 2.88. The number of aromatic nitrogens is 3. The van der Waals surface area contributed by atoms with Crippen molar-refractivity contribution in [1.82, 2.24) is 15.0 Å². The van der Waals surface area contributed by atoms with Crippen LogP contribution < -0.4 is 4.74 Å². The molecule has 0 unspecified atom stereocenters. The van der Waals surface area contributed by atoms with Crippen molar-refractivity contribution < 1.29 is 4.74 Å². The van der Waals surface area contributed by atoms with E-state index in [2.05, 4.69) is 15.0 Å². The summed E-state index contributed by atoms with van der Waals surface area (Å²) in [6.07, 6.45) is 2.97. The average molecular weight is 201 g/mol. The molecule has 1 aromatic heterocycles. The van der Waals surface area contributed by atoms with Crippen LogP contribution in [-0.4, -0.2) is 21.6 Å². The van der Waals surface area contributed by atoms with Crippen LogP contribution in [0.5, 0.6) is 5.75 Å². The smallest absolute Gasteiger partial charge is 0.162 e. The van der Waals surface area contributed by atoms with E-state index in [0.29, 0.717) is 12.4 Å². The third-order valence-corrected chi connectivity index (χ3v) is 1.92. The molecule has 1 aromatic carbocycles. The molecule has 4 heteroatoms. The van der Waals surface area contributed by atoms with E-state index < -0.39 is 0 Å². The summed E-state index contributed by atoms with van der Waals surface area (Å²) >= 11 is 0. The Morgan fingerprint density at radius 1 is 1.07 bits per heavy atom. The van der Waals surface area contributed by atoms with Crippen LogP contribution in [0.4, 0.5) is 0 Å². The van der Waals surface area contributed by atoms with Gasteiger partial charge in [0.1, 0.15) is 18.4 Å². The fraction of sp³-hybridized carbons (Fsp3) is 0.182. The SMILES string of the molecule is CCOc1ccc(-c2ncncn2)cc1. The Morgan fingerprint density at radius 3 is 2.33 bits per heavy atom. The summed E-state index contributed by atoms with van der Waals surface area (Å²) in [5, 5.41) is 0. The standard InChI is InChI=1S/C11H11N3O/c1-2-15-10-5-3-9(4-6-10)11-13-7-12-8-14-11/h3-8H,2H2,1H3. The maximum absolute atomic E-state index is 5.34. The first kappa shape index (κ1) is 9.58. The van der Waals surface area contributed by atoms with Crippen LogP contribution in [0.3, 0.4) is 0 Å². The van der Waals surface area contributed by atoms with Crippen LogP contribution in [0.15, 0.2) is 36.9 Å². The van der Waals surface area contributed by atoms with Crippen molar-refractivity contribution in [3.8, 4) is 17.1 Å². The second kappa shape index (κ2) is 4.50. The van der Waals surface area contributed by atoms with Crippen LogP contribution in [0.2, 0.25) is 0 Å². The molecule has 1 heterocycles. The highest BCUT2D eigenvalue weighted by atomic mass is 16.5. The summed E-state index contributed by atoms with van der Waals surface area (Å²) in [5.41, 5.74) is 0.959. The molecule has 0 amide bonds. The van der Waals surface area contributed by atoms with Crippen molar-refractivity contribution in [2.75, 3.05) is 6.61 Å². The predicted octanol–water partition coefficient (Wildman–Crippen LogP) is 1.94. The van der Waals surface area contributed by atoms with Crippen molar-refractivity contribution in [3.05, 3.63) is 36.9 Å². The summed E-state index contributed by atoms with van der Waals surface area (Å²) in [4.78, 5) is 11.9. The van der Waals surface area contributed by atoms with E-state index in [0.717, 1.165) is 11.3 Å². The van der Waals surface area contributed by atoms with Gasteiger partial charge in [0.05, 0.1) is 6.61 Å². The number of benzene rings is 1. The molecule has 0 saturated heterocycles. The molecule has 0 spiro atoms. The van der Waals surface area contributed by atoms with E-state index in [4.69, 9.17) is 4.74 Å². The van der Waals surface area contributed by atoms with E-state index in [9.17, 15) is 0 Å². The number of hydrogen-bond donors (Lipinski definition) is 0. The van der Waals surface area contributed by atoms with Crippen molar-refractivity contribution >= 4 is 0 Å². The lowest BCUT2D eigenvalue weighted by Gasteiger charge is -2.03. The van der Waals surface area contributed by atoms with Crippen molar-refractivity contribution in [3.63, 3.8) is 0 Å². The molecule has 2 rings (SSSR count). The molecule has 2 aromatic rings. The van der Waals surface area contributed by atoms with Crippen LogP contribution in [0.1, 0.15) is 6.92 Å². The van der Waals surface area contributed by atoms with Gasteiger partial charge in [-0.15, -0.1) is 0 Å². The fourth-order valence-corrected chi connectivity index (χ4v) is 1.26. The first-order valence-electron chi connectivity index (χ1n) is 4.75. The monoisotopic (exact) mass is 201 g/mol. The predicted molar refractivity (Wildman–Crippen MR) is 56.4 cm³/mol. The van der Waals surface area contributed by atoms with Crippen LogP contribution >= 0.6 is 0 Å². The topological polar surface area (TPSA) is 47.9 Å². The molecule has 0 atom stereocenters. The number of ether oxygens (including phenoxy) is 1. The Morgan fingerprint density at radius 2 is 1.73 bits per heavy atom. The molecule has 15 heavy (non-hydrogen) atoms. The Bertz CT molecular complexity index is 414. The molecule has 0 N–H and O–H groups in total. The minimum atomic E-state index is 0.672. The molecule has 0 bridgehead atoms. The minimum absolute atomic E-state index is 0.672. The Labute approximate surface area is 88.0 Å². The van der Waals surface area contributed by atoms with Gasteiger partial charge >= 0.3 is 0 Å². The highest BCUT2D eigenvalue weighted by Gasteiger charge is 1.99. The summed E-state index contributed by atoms with van der Waals surface area (Å²) in [7, 11) is 0. The molecule has 4 nitrogen and oxygen atoms in total. The van der Waals surface area contributed by atoms with E-state index in [-0.39, 0.29) is 0 Å². The normalized spacial score (nSPS) is 9.93. The summed E-state index contributed by atoms with van der Waals surface area (Å²) < 4.78 is 5.34. The second-order valence-corrected chi connectivity index (χ2v) is 2.92. The first-order chi connectivity index (χ1) is 7.40. The number of hydrogen-bond acceptors (Lipinski definition) is 4. The molecule has 0 aliphatic heterocycles. The molecule has 0 fully saturated rings.